The summed E-state index contributed by atoms with van der Waals surface area (Å²) >= 11 is 0. The van der Waals surface area contributed by atoms with E-state index in [4.69, 9.17) is 0 Å². The van der Waals surface area contributed by atoms with Gasteiger partial charge in [0.1, 0.15) is 0 Å². The largest absolute Gasteiger partial charge is 0.0625 e. The third-order valence-corrected chi connectivity index (χ3v) is 2.75. The molecular weight excluding hydrogens is 180 g/mol. The molecule has 0 heteroatoms. The van der Waals surface area contributed by atoms with Crippen molar-refractivity contribution in [2.45, 2.75) is 53.4 Å². The molecule has 0 aliphatic heterocycles. The third kappa shape index (κ3) is 3.37. The summed E-state index contributed by atoms with van der Waals surface area (Å²) in [5.41, 5.74) is 4.63. The molecular formula is C15H24. The minimum Gasteiger partial charge on any atom is -0.0625 e. The minimum atomic E-state index is 0.261. The van der Waals surface area contributed by atoms with Gasteiger partial charge in [0, 0.05) is 0 Å². The highest BCUT2D eigenvalue weighted by atomic mass is 14.2. The lowest BCUT2D eigenvalue weighted by Crippen LogP contribution is -2.13. The summed E-state index contributed by atoms with van der Waals surface area (Å²) in [6.45, 7) is 13.6. The normalized spacial score (nSPS) is 12.2. The molecule has 0 bridgehead atoms. The van der Waals surface area contributed by atoms with Gasteiger partial charge in [0.15, 0.2) is 0 Å². The first-order valence-corrected chi connectivity index (χ1v) is 5.90. The Labute approximate surface area is 94.7 Å². The Kier molecular flexibility index (Phi) is 3.59. The smallest absolute Gasteiger partial charge is 0.0129 e. The summed E-state index contributed by atoms with van der Waals surface area (Å²) in [5, 5.41) is 0. The summed E-state index contributed by atoms with van der Waals surface area (Å²) in [4.78, 5) is 0. The van der Waals surface area contributed by atoms with Crippen LogP contribution in [0.1, 0.15) is 51.3 Å². The summed E-state index contributed by atoms with van der Waals surface area (Å²) in [7, 11) is 0. The summed E-state index contributed by atoms with van der Waals surface area (Å²) in [5.74, 6) is 0.737. The molecule has 0 amide bonds. The molecule has 0 radical (unpaired) electrons. The van der Waals surface area contributed by atoms with E-state index < -0.39 is 0 Å². The highest BCUT2D eigenvalue weighted by Gasteiger charge is 2.16. The van der Waals surface area contributed by atoms with Crippen LogP contribution in [0, 0.1) is 12.8 Å². The zero-order valence-corrected chi connectivity index (χ0v) is 11.0. The molecule has 0 unspecified atom stereocenters. The van der Waals surface area contributed by atoms with Crippen molar-refractivity contribution in [3.63, 3.8) is 0 Å². The molecule has 0 aromatic heterocycles. The van der Waals surface area contributed by atoms with Crippen molar-refractivity contribution >= 4 is 0 Å². The SMILES string of the molecule is Cc1ccc(CC(C)C)cc1C(C)(C)C. The molecule has 84 valence electrons. The fourth-order valence-corrected chi connectivity index (χ4v) is 2.08. The summed E-state index contributed by atoms with van der Waals surface area (Å²) < 4.78 is 0. The number of benzene rings is 1. The van der Waals surface area contributed by atoms with Gasteiger partial charge in [0.25, 0.3) is 0 Å². The van der Waals surface area contributed by atoms with Gasteiger partial charge in [0.05, 0.1) is 0 Å². The average Bonchev–Trinajstić information content (AvgIpc) is 2.05. The molecule has 0 aliphatic rings. The van der Waals surface area contributed by atoms with Crippen LogP contribution < -0.4 is 0 Å². The molecule has 0 nitrogen and oxygen atoms in total. The molecule has 0 spiro atoms. The molecule has 1 aromatic carbocycles. The van der Waals surface area contributed by atoms with Crippen LogP contribution >= 0.6 is 0 Å². The van der Waals surface area contributed by atoms with E-state index in [1.54, 1.807) is 0 Å². The first kappa shape index (κ1) is 12.3. The lowest BCUT2D eigenvalue weighted by atomic mass is 9.82. The highest BCUT2D eigenvalue weighted by molar-refractivity contribution is 5.35. The Morgan fingerprint density at radius 1 is 1.13 bits per heavy atom. The quantitative estimate of drug-likeness (QED) is 0.666. The van der Waals surface area contributed by atoms with Gasteiger partial charge in [-0.15, -0.1) is 0 Å². The van der Waals surface area contributed by atoms with E-state index >= 15 is 0 Å². The van der Waals surface area contributed by atoms with Crippen LogP contribution in [-0.2, 0) is 11.8 Å². The Hall–Kier alpha value is -0.780. The van der Waals surface area contributed by atoms with Crippen LogP contribution in [0.4, 0.5) is 0 Å². The second kappa shape index (κ2) is 4.38. The number of aryl methyl sites for hydroxylation is 1. The van der Waals surface area contributed by atoms with Crippen LogP contribution in [-0.4, -0.2) is 0 Å². The fraction of sp³-hybridized carbons (Fsp3) is 0.600. The van der Waals surface area contributed by atoms with Crippen molar-refractivity contribution in [3.05, 3.63) is 34.9 Å². The first-order chi connectivity index (χ1) is 6.80. The molecule has 0 atom stereocenters. The van der Waals surface area contributed by atoms with E-state index in [0.717, 1.165) is 5.92 Å². The minimum absolute atomic E-state index is 0.261. The van der Waals surface area contributed by atoms with Crippen LogP contribution in [0.15, 0.2) is 18.2 Å². The van der Waals surface area contributed by atoms with Gasteiger partial charge in [-0.2, -0.15) is 0 Å². The molecule has 0 saturated carbocycles. The standard InChI is InChI=1S/C15H24/c1-11(2)9-13-8-7-12(3)14(10-13)15(4,5)6/h7-8,10-11H,9H2,1-6H3. The maximum Gasteiger partial charge on any atom is -0.0129 e. The highest BCUT2D eigenvalue weighted by Crippen LogP contribution is 2.27. The number of hydrogen-bond donors (Lipinski definition) is 0. The van der Waals surface area contributed by atoms with E-state index in [2.05, 4.69) is 59.7 Å². The lowest BCUT2D eigenvalue weighted by Gasteiger charge is -2.23. The number of rotatable bonds is 2. The van der Waals surface area contributed by atoms with Crippen molar-refractivity contribution in [1.29, 1.82) is 0 Å². The second-order valence-electron chi connectivity index (χ2n) is 6.00. The van der Waals surface area contributed by atoms with E-state index in [1.165, 1.54) is 23.1 Å². The van der Waals surface area contributed by atoms with Gasteiger partial charge >= 0.3 is 0 Å². The van der Waals surface area contributed by atoms with E-state index in [0.29, 0.717) is 0 Å². The maximum absolute atomic E-state index is 2.38. The predicted molar refractivity (Wildman–Crippen MR) is 68.4 cm³/mol. The van der Waals surface area contributed by atoms with Crippen LogP contribution in [0.5, 0.6) is 0 Å². The van der Waals surface area contributed by atoms with Gasteiger partial charge in [0.2, 0.25) is 0 Å². The molecule has 1 aromatic rings. The van der Waals surface area contributed by atoms with Crippen molar-refractivity contribution < 1.29 is 0 Å². The lowest BCUT2D eigenvalue weighted by molar-refractivity contribution is 0.582. The average molecular weight is 204 g/mol. The van der Waals surface area contributed by atoms with E-state index in [9.17, 15) is 0 Å². The Bertz CT molecular complexity index is 326. The van der Waals surface area contributed by atoms with Crippen LogP contribution in [0.25, 0.3) is 0 Å². The second-order valence-corrected chi connectivity index (χ2v) is 6.00. The summed E-state index contributed by atoms with van der Waals surface area (Å²) in [6.07, 6.45) is 1.18. The molecule has 0 heterocycles. The molecule has 0 aliphatic carbocycles. The van der Waals surface area contributed by atoms with Crippen molar-refractivity contribution in [2.24, 2.45) is 5.92 Å². The van der Waals surface area contributed by atoms with Gasteiger partial charge in [-0.05, 0) is 41.4 Å². The zero-order chi connectivity index (χ0) is 11.6. The summed E-state index contributed by atoms with van der Waals surface area (Å²) in [6, 6.07) is 6.91. The Morgan fingerprint density at radius 3 is 2.20 bits per heavy atom. The maximum atomic E-state index is 2.38. The molecule has 15 heavy (non-hydrogen) atoms. The van der Waals surface area contributed by atoms with Crippen molar-refractivity contribution in [3.8, 4) is 0 Å². The zero-order valence-electron chi connectivity index (χ0n) is 11.0. The van der Waals surface area contributed by atoms with Gasteiger partial charge < -0.3 is 0 Å². The predicted octanol–water partition coefficient (Wildman–Crippen LogP) is 4.49. The molecule has 0 N–H and O–H groups in total. The van der Waals surface area contributed by atoms with E-state index in [-0.39, 0.29) is 5.41 Å². The van der Waals surface area contributed by atoms with Crippen molar-refractivity contribution in [2.75, 3.05) is 0 Å². The third-order valence-electron chi connectivity index (χ3n) is 2.75. The Morgan fingerprint density at radius 2 is 1.73 bits per heavy atom. The molecule has 0 fully saturated rings. The topological polar surface area (TPSA) is 0 Å². The van der Waals surface area contributed by atoms with E-state index in [1.807, 2.05) is 0 Å². The number of hydrogen-bond acceptors (Lipinski definition) is 0. The van der Waals surface area contributed by atoms with Crippen LogP contribution in [0.2, 0.25) is 0 Å². The fourth-order valence-electron chi connectivity index (χ4n) is 2.08. The Balaban J connectivity index is 3.06. The van der Waals surface area contributed by atoms with Crippen LogP contribution in [0.3, 0.4) is 0 Å². The monoisotopic (exact) mass is 204 g/mol. The first-order valence-electron chi connectivity index (χ1n) is 5.90. The van der Waals surface area contributed by atoms with Crippen molar-refractivity contribution in [1.82, 2.24) is 0 Å². The van der Waals surface area contributed by atoms with Gasteiger partial charge in [-0.1, -0.05) is 52.8 Å². The van der Waals surface area contributed by atoms with Gasteiger partial charge in [-0.25, -0.2) is 0 Å². The molecule has 0 saturated heterocycles. The molecule has 1 rings (SSSR count). The van der Waals surface area contributed by atoms with Gasteiger partial charge in [-0.3, -0.25) is 0 Å².